The summed E-state index contributed by atoms with van der Waals surface area (Å²) < 4.78 is 56.2. The van der Waals surface area contributed by atoms with Crippen LogP contribution in [0.1, 0.15) is 60.1 Å². The molecule has 4 aromatic heterocycles. The Bertz CT molecular complexity index is 1890. The monoisotopic (exact) mass is 650 g/mol. The Kier molecular flexibility index (Phi) is 8.51. The van der Waals surface area contributed by atoms with E-state index in [4.69, 9.17) is 9.47 Å². The van der Waals surface area contributed by atoms with Crippen LogP contribution in [0.25, 0.3) is 28.2 Å². The van der Waals surface area contributed by atoms with Crippen LogP contribution in [-0.4, -0.2) is 63.7 Å². The molecule has 0 aliphatic rings. The number of carbonyl (C=O) groups excluding carboxylic acids is 2. The van der Waals surface area contributed by atoms with Gasteiger partial charge in [-0.25, -0.2) is 32.3 Å². The highest BCUT2D eigenvalue weighted by atomic mass is 19.3. The molecule has 0 fully saturated rings. The number of fused-ring (bicyclic) bond motifs is 1. The van der Waals surface area contributed by atoms with E-state index in [2.05, 4.69) is 25.1 Å². The van der Waals surface area contributed by atoms with Gasteiger partial charge in [0.2, 0.25) is 0 Å². The highest BCUT2D eigenvalue weighted by Crippen LogP contribution is 2.35. The molecule has 1 unspecified atom stereocenters. The van der Waals surface area contributed by atoms with Gasteiger partial charge < -0.3 is 9.47 Å². The van der Waals surface area contributed by atoms with Crippen molar-refractivity contribution in [2.75, 3.05) is 4.90 Å². The van der Waals surface area contributed by atoms with Crippen LogP contribution in [0.3, 0.4) is 0 Å². The van der Waals surface area contributed by atoms with Gasteiger partial charge in [0.05, 0.1) is 30.0 Å². The standard InChI is InChI=1S/C32H33F3N8O4/c1-30(2,3)46-28(44)43(29(45)47-31(4,5)6)27-39-25-14-20(12-13-41(25)40-27)23-16-36-17-24(38-23)21-15-37-42(18-21)26(32(7,34)35)19-8-10-22(33)11-9-19/h8-18,26H,1-7H3. The molecule has 5 aromatic rings. The average Bonchev–Trinajstić information content (AvgIpc) is 3.59. The van der Waals surface area contributed by atoms with Crippen molar-refractivity contribution in [1.82, 2.24) is 34.3 Å². The van der Waals surface area contributed by atoms with Crippen LogP contribution in [0.5, 0.6) is 0 Å². The van der Waals surface area contributed by atoms with E-state index in [1.165, 1.54) is 41.4 Å². The number of hydrogen-bond acceptors (Lipinski definition) is 9. The quantitative estimate of drug-likeness (QED) is 0.189. The maximum atomic E-state index is 14.7. The lowest BCUT2D eigenvalue weighted by Crippen LogP contribution is -2.44. The molecule has 0 aliphatic carbocycles. The van der Waals surface area contributed by atoms with Gasteiger partial charge in [-0.05, 0) is 71.4 Å². The maximum Gasteiger partial charge on any atom is 0.427 e. The summed E-state index contributed by atoms with van der Waals surface area (Å²) in [5.41, 5.74) is 0.374. The molecule has 0 radical (unpaired) electrons. The Morgan fingerprint density at radius 3 is 2.00 bits per heavy atom. The lowest BCUT2D eigenvalue weighted by Gasteiger charge is -2.26. The molecule has 5 rings (SSSR count). The van der Waals surface area contributed by atoms with Crippen molar-refractivity contribution in [1.29, 1.82) is 0 Å². The molecule has 12 nitrogen and oxygen atoms in total. The van der Waals surface area contributed by atoms with E-state index < -0.39 is 41.2 Å². The predicted molar refractivity (Wildman–Crippen MR) is 165 cm³/mol. The lowest BCUT2D eigenvalue weighted by atomic mass is 10.0. The molecule has 0 aliphatic heterocycles. The second kappa shape index (κ2) is 12.1. The third-order valence-corrected chi connectivity index (χ3v) is 6.44. The van der Waals surface area contributed by atoms with Crippen LogP contribution >= 0.6 is 0 Å². The zero-order valence-electron chi connectivity index (χ0n) is 26.8. The highest BCUT2D eigenvalue weighted by molar-refractivity contribution is 6.08. The largest absolute Gasteiger partial charge is 0.443 e. The number of amides is 2. The molecule has 246 valence electrons. The van der Waals surface area contributed by atoms with Crippen molar-refractivity contribution >= 4 is 23.8 Å². The van der Waals surface area contributed by atoms with E-state index in [1.54, 1.807) is 59.9 Å². The van der Waals surface area contributed by atoms with Crippen LogP contribution in [0.15, 0.2) is 67.4 Å². The van der Waals surface area contributed by atoms with Gasteiger partial charge >= 0.3 is 12.2 Å². The minimum absolute atomic E-state index is 0.186. The normalized spacial score (nSPS) is 13.0. The van der Waals surface area contributed by atoms with Crippen LogP contribution in [0.2, 0.25) is 0 Å². The molecule has 2 amide bonds. The number of imide groups is 1. The predicted octanol–water partition coefficient (Wildman–Crippen LogP) is 7.11. The van der Waals surface area contributed by atoms with Crippen molar-refractivity contribution in [3.05, 3.63) is 78.8 Å². The summed E-state index contributed by atoms with van der Waals surface area (Å²) in [7, 11) is 0. The SMILES string of the molecule is CC(C)(C)OC(=O)N(C(=O)OC(C)(C)C)c1nc2cc(-c3cncc(-c4cnn(C(c5ccc(F)cc5)C(C)(F)F)c4)n3)ccn2n1. The van der Waals surface area contributed by atoms with Crippen molar-refractivity contribution in [3.63, 3.8) is 0 Å². The zero-order chi connectivity index (χ0) is 34.3. The third-order valence-electron chi connectivity index (χ3n) is 6.44. The number of carbonyl (C=O) groups is 2. The number of halogens is 3. The van der Waals surface area contributed by atoms with Crippen molar-refractivity contribution in [2.24, 2.45) is 0 Å². The molecule has 4 heterocycles. The summed E-state index contributed by atoms with van der Waals surface area (Å²) in [6, 6.07) is 6.65. The Morgan fingerprint density at radius 2 is 1.43 bits per heavy atom. The molecular formula is C32H33F3N8O4. The Morgan fingerprint density at radius 1 is 0.830 bits per heavy atom. The Hall–Kier alpha value is -5.34. The van der Waals surface area contributed by atoms with Crippen molar-refractivity contribution in [2.45, 2.75) is 71.6 Å². The fourth-order valence-electron chi connectivity index (χ4n) is 4.56. The molecule has 15 heteroatoms. The number of anilines is 1. The number of alkyl halides is 2. The van der Waals surface area contributed by atoms with Gasteiger partial charge in [-0.3, -0.25) is 9.67 Å². The van der Waals surface area contributed by atoms with E-state index in [0.717, 1.165) is 23.7 Å². The molecule has 0 spiro atoms. The summed E-state index contributed by atoms with van der Waals surface area (Å²) in [5, 5.41) is 8.45. The summed E-state index contributed by atoms with van der Waals surface area (Å²) in [6.07, 6.45) is 5.34. The van der Waals surface area contributed by atoms with Gasteiger partial charge in [-0.15, -0.1) is 10.00 Å². The van der Waals surface area contributed by atoms with Crippen molar-refractivity contribution in [3.8, 4) is 22.5 Å². The van der Waals surface area contributed by atoms with Gasteiger partial charge in [0, 0.05) is 30.4 Å². The van der Waals surface area contributed by atoms with E-state index >= 15 is 0 Å². The average molecular weight is 651 g/mol. The first-order valence-electron chi connectivity index (χ1n) is 14.5. The molecule has 1 aromatic carbocycles. The number of aromatic nitrogens is 7. The highest BCUT2D eigenvalue weighted by Gasteiger charge is 2.38. The topological polar surface area (TPSA) is 130 Å². The van der Waals surface area contributed by atoms with Gasteiger partial charge in [-0.2, -0.15) is 10.1 Å². The lowest BCUT2D eigenvalue weighted by molar-refractivity contribution is -0.0217. The van der Waals surface area contributed by atoms with Crippen LogP contribution in [0.4, 0.5) is 28.7 Å². The molecule has 0 N–H and O–H groups in total. The fraction of sp³-hybridized carbons (Fsp3) is 0.344. The minimum atomic E-state index is -3.22. The number of ether oxygens (including phenoxy) is 2. The van der Waals surface area contributed by atoms with E-state index in [0.29, 0.717) is 27.4 Å². The number of pyridine rings is 1. The number of benzene rings is 1. The second-order valence-corrected chi connectivity index (χ2v) is 12.8. The Balaban J connectivity index is 1.46. The molecule has 0 bridgehead atoms. The molecule has 1 atom stereocenters. The summed E-state index contributed by atoms with van der Waals surface area (Å²) >= 11 is 0. The van der Waals surface area contributed by atoms with E-state index in [-0.39, 0.29) is 17.2 Å². The first kappa shape index (κ1) is 33.0. The molecular weight excluding hydrogens is 617 g/mol. The summed E-state index contributed by atoms with van der Waals surface area (Å²) in [4.78, 5) is 40.0. The smallest absolute Gasteiger partial charge is 0.427 e. The number of rotatable bonds is 6. The van der Waals surface area contributed by atoms with Gasteiger partial charge in [0.1, 0.15) is 23.1 Å². The van der Waals surface area contributed by atoms with Crippen LogP contribution < -0.4 is 4.90 Å². The van der Waals surface area contributed by atoms with Crippen molar-refractivity contribution < 1.29 is 32.2 Å². The van der Waals surface area contributed by atoms with Gasteiger partial charge in [-0.1, -0.05) is 12.1 Å². The first-order valence-corrected chi connectivity index (χ1v) is 14.5. The number of nitrogens with zero attached hydrogens (tertiary/aromatic N) is 8. The molecule has 0 saturated carbocycles. The molecule has 47 heavy (non-hydrogen) atoms. The van der Waals surface area contributed by atoms with Crippen LogP contribution in [0, 0.1) is 5.82 Å². The zero-order valence-corrected chi connectivity index (χ0v) is 26.8. The summed E-state index contributed by atoms with van der Waals surface area (Å²) in [6.45, 7) is 10.7. The minimum Gasteiger partial charge on any atom is -0.443 e. The Labute approximate surface area is 268 Å². The fourth-order valence-corrected chi connectivity index (χ4v) is 4.56. The maximum absolute atomic E-state index is 14.7. The first-order chi connectivity index (χ1) is 21.9. The van der Waals surface area contributed by atoms with Gasteiger partial charge in [0.25, 0.3) is 11.9 Å². The third kappa shape index (κ3) is 7.73. The van der Waals surface area contributed by atoms with E-state index in [9.17, 15) is 22.8 Å². The van der Waals surface area contributed by atoms with Gasteiger partial charge in [0.15, 0.2) is 5.65 Å². The summed E-state index contributed by atoms with van der Waals surface area (Å²) in [5.74, 6) is -4.02. The molecule has 0 saturated heterocycles. The second-order valence-electron chi connectivity index (χ2n) is 12.8. The van der Waals surface area contributed by atoms with E-state index in [1.807, 2.05) is 0 Å². The van der Waals surface area contributed by atoms with Crippen LogP contribution in [-0.2, 0) is 9.47 Å². The number of hydrogen-bond donors (Lipinski definition) is 0.